The zero-order valence-corrected chi connectivity index (χ0v) is 19.4. The first-order chi connectivity index (χ1) is 14.9. The normalized spacial score (nSPS) is 13.9. The maximum Gasteiger partial charge on any atom is 0.289 e. The maximum absolute atomic E-state index is 12.6. The largest absolute Gasteiger partial charge is 0.459 e. The highest BCUT2D eigenvalue weighted by Crippen LogP contribution is 2.30. The first kappa shape index (κ1) is 21.7. The highest BCUT2D eigenvalue weighted by atomic mass is 79.9. The minimum absolute atomic E-state index is 0.111. The van der Waals surface area contributed by atoms with Gasteiger partial charge in [0.15, 0.2) is 5.76 Å². The van der Waals surface area contributed by atoms with Crippen LogP contribution in [0.25, 0.3) is 0 Å². The molecular formula is C22H18BrCl2N3O3. The van der Waals surface area contributed by atoms with E-state index in [0.29, 0.717) is 53.2 Å². The molecule has 4 rings (SSSR count). The van der Waals surface area contributed by atoms with Gasteiger partial charge in [0.2, 0.25) is 0 Å². The Morgan fingerprint density at radius 1 is 0.968 bits per heavy atom. The fourth-order valence-electron chi connectivity index (χ4n) is 3.42. The third kappa shape index (κ3) is 4.89. The van der Waals surface area contributed by atoms with Crippen molar-refractivity contribution in [3.8, 4) is 0 Å². The zero-order chi connectivity index (χ0) is 22.0. The van der Waals surface area contributed by atoms with Crippen LogP contribution in [-0.2, 0) is 0 Å². The lowest BCUT2D eigenvalue weighted by molar-refractivity contribution is 0.0714. The Labute approximate surface area is 197 Å². The van der Waals surface area contributed by atoms with Crippen LogP contribution >= 0.6 is 39.1 Å². The molecule has 2 aromatic carbocycles. The third-order valence-corrected chi connectivity index (χ3v) is 6.14. The quantitative estimate of drug-likeness (QED) is 0.487. The maximum atomic E-state index is 12.6. The molecule has 0 aliphatic carbocycles. The average Bonchev–Trinajstić information content (AvgIpc) is 3.30. The van der Waals surface area contributed by atoms with Crippen LogP contribution in [0.5, 0.6) is 0 Å². The molecule has 1 aliphatic rings. The summed E-state index contributed by atoms with van der Waals surface area (Å²) < 4.78 is 5.96. The Hall–Kier alpha value is -2.48. The molecule has 0 saturated carbocycles. The number of nitrogens with zero attached hydrogens (tertiary/aromatic N) is 2. The van der Waals surface area contributed by atoms with Crippen LogP contribution < -0.4 is 10.2 Å². The first-order valence-electron chi connectivity index (χ1n) is 9.56. The molecule has 160 valence electrons. The van der Waals surface area contributed by atoms with Gasteiger partial charge in [-0.15, -0.1) is 0 Å². The number of carbonyl (C=O) groups is 2. The minimum Gasteiger partial charge on any atom is -0.459 e. The van der Waals surface area contributed by atoms with Gasteiger partial charge in [0.05, 0.1) is 27.6 Å². The van der Waals surface area contributed by atoms with E-state index in [1.807, 2.05) is 6.07 Å². The number of amides is 2. The van der Waals surface area contributed by atoms with Gasteiger partial charge < -0.3 is 19.5 Å². The lowest BCUT2D eigenvalue weighted by atomic mass is 10.2. The second-order valence-corrected chi connectivity index (χ2v) is 8.73. The van der Waals surface area contributed by atoms with Gasteiger partial charge in [0, 0.05) is 36.3 Å². The summed E-state index contributed by atoms with van der Waals surface area (Å²) in [4.78, 5) is 28.9. The van der Waals surface area contributed by atoms with Crippen LogP contribution in [-0.4, -0.2) is 42.9 Å². The van der Waals surface area contributed by atoms with Crippen molar-refractivity contribution < 1.29 is 14.0 Å². The molecular weight excluding hydrogens is 505 g/mol. The Morgan fingerprint density at radius 2 is 1.74 bits per heavy atom. The molecule has 1 aliphatic heterocycles. The second-order valence-electron chi connectivity index (χ2n) is 7.00. The van der Waals surface area contributed by atoms with Crippen LogP contribution in [0, 0.1) is 0 Å². The van der Waals surface area contributed by atoms with Crippen LogP contribution in [0.1, 0.15) is 20.9 Å². The van der Waals surface area contributed by atoms with E-state index >= 15 is 0 Å². The standard InChI is InChI=1S/C22H18BrCl2N3O3/c23-14-3-5-17(24)16(12-14)21(29)26-15-4-6-19(18(25)13-15)27-7-9-28(10-8-27)22(30)20-2-1-11-31-20/h1-6,11-13H,7-10H2,(H,26,29). The van der Waals surface area contributed by atoms with Crippen molar-refractivity contribution in [1.82, 2.24) is 4.90 Å². The first-order valence-corrected chi connectivity index (χ1v) is 11.1. The summed E-state index contributed by atoms with van der Waals surface area (Å²) in [5.74, 6) is -0.0858. The summed E-state index contributed by atoms with van der Waals surface area (Å²) in [6.45, 7) is 2.42. The summed E-state index contributed by atoms with van der Waals surface area (Å²) in [7, 11) is 0. The molecule has 0 radical (unpaired) electrons. The summed E-state index contributed by atoms with van der Waals surface area (Å²) in [6.07, 6.45) is 1.49. The second kappa shape index (κ2) is 9.34. The van der Waals surface area contributed by atoms with Gasteiger partial charge in [-0.05, 0) is 48.5 Å². The van der Waals surface area contributed by atoms with E-state index in [9.17, 15) is 9.59 Å². The van der Waals surface area contributed by atoms with Crippen molar-refractivity contribution in [2.24, 2.45) is 0 Å². The van der Waals surface area contributed by atoms with Crippen molar-refractivity contribution in [3.63, 3.8) is 0 Å². The Bertz CT molecular complexity index is 1110. The number of furan rings is 1. The van der Waals surface area contributed by atoms with Gasteiger partial charge in [-0.2, -0.15) is 0 Å². The van der Waals surface area contributed by atoms with Gasteiger partial charge in [-0.1, -0.05) is 39.1 Å². The van der Waals surface area contributed by atoms with Gasteiger partial charge in [-0.25, -0.2) is 0 Å². The predicted octanol–water partition coefficient (Wildman–Crippen LogP) is 5.56. The molecule has 1 aromatic heterocycles. The number of hydrogen-bond acceptors (Lipinski definition) is 4. The lowest BCUT2D eigenvalue weighted by Gasteiger charge is -2.36. The topological polar surface area (TPSA) is 65.8 Å². The van der Waals surface area contributed by atoms with Crippen molar-refractivity contribution in [3.05, 3.63) is 80.6 Å². The van der Waals surface area contributed by atoms with E-state index in [0.717, 1.165) is 10.2 Å². The molecule has 3 aromatic rings. The smallest absolute Gasteiger partial charge is 0.289 e. The monoisotopic (exact) mass is 521 g/mol. The molecule has 6 nitrogen and oxygen atoms in total. The molecule has 0 unspecified atom stereocenters. The SMILES string of the molecule is O=C(Nc1ccc(N2CCN(C(=O)c3ccco3)CC2)c(Cl)c1)c1cc(Br)ccc1Cl. The number of anilines is 2. The molecule has 1 fully saturated rings. The van der Waals surface area contributed by atoms with Crippen LogP contribution in [0.15, 0.2) is 63.7 Å². The van der Waals surface area contributed by atoms with Crippen molar-refractivity contribution in [2.45, 2.75) is 0 Å². The number of rotatable bonds is 4. The molecule has 2 amide bonds. The van der Waals surface area contributed by atoms with E-state index < -0.39 is 0 Å². The molecule has 1 saturated heterocycles. The summed E-state index contributed by atoms with van der Waals surface area (Å²) in [5, 5.41) is 3.71. The highest BCUT2D eigenvalue weighted by Gasteiger charge is 2.25. The fraction of sp³-hybridized carbons (Fsp3) is 0.182. The summed E-state index contributed by atoms with van der Waals surface area (Å²) >= 11 is 16.0. The van der Waals surface area contributed by atoms with Crippen molar-refractivity contribution in [2.75, 3.05) is 36.4 Å². The lowest BCUT2D eigenvalue weighted by Crippen LogP contribution is -2.48. The van der Waals surface area contributed by atoms with E-state index in [2.05, 4.69) is 26.1 Å². The highest BCUT2D eigenvalue weighted by molar-refractivity contribution is 9.10. The van der Waals surface area contributed by atoms with Gasteiger partial charge in [0.25, 0.3) is 11.8 Å². The zero-order valence-electron chi connectivity index (χ0n) is 16.3. The molecule has 0 spiro atoms. The minimum atomic E-state index is -0.319. The molecule has 31 heavy (non-hydrogen) atoms. The molecule has 2 heterocycles. The Kier molecular flexibility index (Phi) is 6.55. The van der Waals surface area contributed by atoms with Crippen LogP contribution in [0.4, 0.5) is 11.4 Å². The summed E-state index contributed by atoms with van der Waals surface area (Å²) in [6, 6.07) is 13.8. The van der Waals surface area contributed by atoms with E-state index in [4.69, 9.17) is 27.6 Å². The number of carbonyl (C=O) groups excluding carboxylic acids is 2. The van der Waals surface area contributed by atoms with E-state index in [1.165, 1.54) is 6.26 Å². The van der Waals surface area contributed by atoms with Crippen molar-refractivity contribution >= 4 is 62.3 Å². The van der Waals surface area contributed by atoms with Crippen LogP contribution in [0.2, 0.25) is 10.0 Å². The molecule has 0 bridgehead atoms. The van der Waals surface area contributed by atoms with Gasteiger partial charge >= 0.3 is 0 Å². The van der Waals surface area contributed by atoms with Gasteiger partial charge in [0.1, 0.15) is 0 Å². The molecule has 0 atom stereocenters. The molecule has 9 heteroatoms. The van der Waals surface area contributed by atoms with Gasteiger partial charge in [-0.3, -0.25) is 9.59 Å². The van der Waals surface area contributed by atoms with Crippen LogP contribution in [0.3, 0.4) is 0 Å². The average molecular weight is 523 g/mol. The Balaban J connectivity index is 1.41. The number of piperazine rings is 1. The summed E-state index contributed by atoms with van der Waals surface area (Å²) in [5.41, 5.74) is 1.79. The fourth-order valence-corrected chi connectivity index (χ4v) is 4.28. The molecule has 1 N–H and O–H groups in total. The number of halogens is 3. The van der Waals surface area contributed by atoms with E-state index in [-0.39, 0.29) is 11.8 Å². The predicted molar refractivity (Wildman–Crippen MR) is 125 cm³/mol. The Morgan fingerprint density at radius 3 is 2.42 bits per heavy atom. The number of hydrogen-bond donors (Lipinski definition) is 1. The van der Waals surface area contributed by atoms with E-state index in [1.54, 1.807) is 47.4 Å². The third-order valence-electron chi connectivity index (χ3n) is 5.02. The van der Waals surface area contributed by atoms with Crippen molar-refractivity contribution in [1.29, 1.82) is 0 Å². The number of benzene rings is 2. The number of nitrogens with one attached hydrogen (secondary N) is 1.